The van der Waals surface area contributed by atoms with Gasteiger partial charge in [0.25, 0.3) is 0 Å². The minimum atomic E-state index is -1.14. The molecule has 1 fully saturated rings. The first kappa shape index (κ1) is 24.3. The molecule has 1 aliphatic rings. The average molecular weight is 437 g/mol. The van der Waals surface area contributed by atoms with Crippen molar-refractivity contribution in [3.05, 3.63) is 35.9 Å². The van der Waals surface area contributed by atoms with Crippen molar-refractivity contribution in [1.82, 2.24) is 5.32 Å². The van der Waals surface area contributed by atoms with Crippen LogP contribution >= 0.6 is 0 Å². The van der Waals surface area contributed by atoms with Gasteiger partial charge in [-0.15, -0.1) is 0 Å². The molecule has 0 aliphatic carbocycles. The van der Waals surface area contributed by atoms with Crippen LogP contribution in [0.4, 0.5) is 0 Å². The van der Waals surface area contributed by atoms with Crippen molar-refractivity contribution in [2.45, 2.75) is 64.9 Å². The van der Waals surface area contributed by atoms with Crippen molar-refractivity contribution < 1.29 is 42.9 Å². The molecule has 1 amide bonds. The monoisotopic (exact) mass is 437 g/mol. The van der Waals surface area contributed by atoms with E-state index in [0.717, 1.165) is 5.56 Å². The molecule has 0 bridgehead atoms. The zero-order valence-electron chi connectivity index (χ0n) is 17.9. The van der Waals surface area contributed by atoms with E-state index in [1.807, 2.05) is 30.3 Å². The van der Waals surface area contributed by atoms with Crippen LogP contribution in [0.5, 0.6) is 0 Å². The van der Waals surface area contributed by atoms with E-state index in [1.54, 1.807) is 0 Å². The highest BCUT2D eigenvalue weighted by atomic mass is 16.7. The third kappa shape index (κ3) is 7.65. The van der Waals surface area contributed by atoms with E-state index in [9.17, 15) is 19.2 Å². The maximum Gasteiger partial charge on any atom is 0.303 e. The summed E-state index contributed by atoms with van der Waals surface area (Å²) in [7, 11) is 0. The molecule has 1 aromatic carbocycles. The van der Waals surface area contributed by atoms with Crippen LogP contribution in [0, 0.1) is 0 Å². The molecule has 31 heavy (non-hydrogen) atoms. The number of benzene rings is 1. The predicted octanol–water partition coefficient (Wildman–Crippen LogP) is 0.859. The van der Waals surface area contributed by atoms with Crippen molar-refractivity contribution in [3.63, 3.8) is 0 Å². The van der Waals surface area contributed by atoms with E-state index >= 15 is 0 Å². The van der Waals surface area contributed by atoms with Crippen LogP contribution in [-0.4, -0.2) is 61.1 Å². The first-order valence-electron chi connectivity index (χ1n) is 9.73. The summed E-state index contributed by atoms with van der Waals surface area (Å²) in [6, 6.07) is 8.25. The molecule has 1 heterocycles. The van der Waals surface area contributed by atoms with Gasteiger partial charge < -0.3 is 29.0 Å². The van der Waals surface area contributed by atoms with E-state index in [2.05, 4.69) is 5.32 Å². The molecule has 0 radical (unpaired) electrons. The number of amides is 1. The molecule has 5 atom stereocenters. The topological polar surface area (TPSA) is 126 Å². The van der Waals surface area contributed by atoms with Crippen LogP contribution in [0.3, 0.4) is 0 Å². The van der Waals surface area contributed by atoms with Crippen molar-refractivity contribution in [1.29, 1.82) is 0 Å². The minimum absolute atomic E-state index is 0.132. The molecule has 1 aliphatic heterocycles. The Morgan fingerprint density at radius 3 is 2.06 bits per heavy atom. The van der Waals surface area contributed by atoms with Gasteiger partial charge in [0.15, 0.2) is 18.5 Å². The summed E-state index contributed by atoms with van der Waals surface area (Å²) < 4.78 is 27.6. The van der Waals surface area contributed by atoms with Gasteiger partial charge in [-0.1, -0.05) is 30.3 Å². The second kappa shape index (κ2) is 11.4. The lowest BCUT2D eigenvalue weighted by molar-refractivity contribution is -0.280. The van der Waals surface area contributed by atoms with Gasteiger partial charge in [0.1, 0.15) is 18.8 Å². The number of carbonyl (C=O) groups is 4. The quantitative estimate of drug-likeness (QED) is 0.465. The van der Waals surface area contributed by atoms with Crippen molar-refractivity contribution >= 4 is 23.8 Å². The van der Waals surface area contributed by atoms with Crippen molar-refractivity contribution in [2.75, 3.05) is 6.61 Å². The lowest BCUT2D eigenvalue weighted by Gasteiger charge is -2.44. The fourth-order valence-electron chi connectivity index (χ4n) is 3.19. The normalized spacial score (nSPS) is 25.2. The maximum atomic E-state index is 11.8. The molecule has 0 aromatic heterocycles. The van der Waals surface area contributed by atoms with Gasteiger partial charge in [-0.3, -0.25) is 19.2 Å². The highest BCUT2D eigenvalue weighted by Gasteiger charge is 2.51. The lowest BCUT2D eigenvalue weighted by Crippen LogP contribution is -2.66. The molecule has 2 rings (SSSR count). The summed E-state index contributed by atoms with van der Waals surface area (Å²) >= 11 is 0. The van der Waals surface area contributed by atoms with Gasteiger partial charge in [-0.2, -0.15) is 0 Å². The molecule has 1 N–H and O–H groups in total. The Morgan fingerprint density at radius 2 is 1.52 bits per heavy atom. The molecule has 10 nitrogen and oxygen atoms in total. The van der Waals surface area contributed by atoms with Crippen LogP contribution in [0.1, 0.15) is 33.3 Å². The van der Waals surface area contributed by atoms with Gasteiger partial charge in [0.05, 0.1) is 6.61 Å². The largest absolute Gasteiger partial charge is 0.463 e. The van der Waals surface area contributed by atoms with Gasteiger partial charge in [0.2, 0.25) is 5.91 Å². The van der Waals surface area contributed by atoms with Crippen LogP contribution in [-0.2, 0) is 49.5 Å². The fourth-order valence-corrected chi connectivity index (χ4v) is 3.19. The van der Waals surface area contributed by atoms with Crippen molar-refractivity contribution in [2.24, 2.45) is 0 Å². The Labute approximate surface area is 180 Å². The zero-order valence-corrected chi connectivity index (χ0v) is 17.9. The molecule has 1 aromatic rings. The summed E-state index contributed by atoms with van der Waals surface area (Å²) in [6.45, 7) is 4.72. The second-order valence-electron chi connectivity index (χ2n) is 7.02. The third-order valence-corrected chi connectivity index (χ3v) is 4.33. The number of rotatable bonds is 8. The highest BCUT2D eigenvalue weighted by molar-refractivity contribution is 5.73. The first-order valence-corrected chi connectivity index (χ1v) is 9.73. The number of hydrogen-bond donors (Lipinski definition) is 1. The van der Waals surface area contributed by atoms with E-state index in [0.29, 0.717) is 0 Å². The first-order chi connectivity index (χ1) is 14.7. The van der Waals surface area contributed by atoms with Crippen molar-refractivity contribution in [3.8, 4) is 0 Å². The molecular formula is C21H27NO9. The van der Waals surface area contributed by atoms with E-state index in [-0.39, 0.29) is 13.2 Å². The van der Waals surface area contributed by atoms with Gasteiger partial charge >= 0.3 is 17.9 Å². The van der Waals surface area contributed by atoms with E-state index in [1.165, 1.54) is 27.7 Å². The Hall–Kier alpha value is -2.98. The zero-order chi connectivity index (χ0) is 23.0. The van der Waals surface area contributed by atoms with E-state index in [4.69, 9.17) is 23.7 Å². The lowest BCUT2D eigenvalue weighted by atomic mass is 9.96. The molecule has 0 saturated carbocycles. The Bertz CT molecular complexity index is 782. The Morgan fingerprint density at radius 1 is 0.903 bits per heavy atom. The standard InChI is InChI=1S/C21H27NO9/c1-12(23)22-18-20(30-15(4)26)19(29-14(3)25)17(11-27-13(2)24)31-21(18)28-10-16-8-6-5-7-9-16/h5-9,17-21H,10-11H2,1-4H3,(H,22,23)/t17-,18-,19-,20-,21+/m1/s1. The SMILES string of the molecule is CC(=O)N[C@H]1[C@@H](OCc2ccccc2)O[C@H](COC(C)=O)[C@@H](OC(C)=O)[C@@H]1OC(C)=O. The molecule has 1 saturated heterocycles. The summed E-state index contributed by atoms with van der Waals surface area (Å²) in [4.78, 5) is 46.7. The molecule has 170 valence electrons. The Balaban J connectivity index is 2.35. The smallest absolute Gasteiger partial charge is 0.303 e. The summed E-state index contributed by atoms with van der Waals surface area (Å²) in [5.41, 5.74) is 0.843. The van der Waals surface area contributed by atoms with Gasteiger partial charge in [-0.05, 0) is 5.56 Å². The van der Waals surface area contributed by atoms with Crippen LogP contribution in [0.2, 0.25) is 0 Å². The average Bonchev–Trinajstić information content (AvgIpc) is 2.68. The second-order valence-corrected chi connectivity index (χ2v) is 7.02. The molecular weight excluding hydrogens is 410 g/mol. The molecule has 0 unspecified atom stereocenters. The van der Waals surface area contributed by atoms with Crippen LogP contribution in [0.15, 0.2) is 30.3 Å². The van der Waals surface area contributed by atoms with Crippen LogP contribution < -0.4 is 5.32 Å². The molecule has 0 spiro atoms. The minimum Gasteiger partial charge on any atom is -0.463 e. The number of carbonyl (C=O) groups excluding carboxylic acids is 4. The number of nitrogens with one attached hydrogen (secondary N) is 1. The third-order valence-electron chi connectivity index (χ3n) is 4.33. The number of hydrogen-bond acceptors (Lipinski definition) is 9. The summed E-state index contributed by atoms with van der Waals surface area (Å²) in [5, 5.41) is 2.65. The number of esters is 3. The van der Waals surface area contributed by atoms with Gasteiger partial charge in [0, 0.05) is 27.7 Å². The maximum absolute atomic E-state index is 11.8. The van der Waals surface area contributed by atoms with Crippen LogP contribution in [0.25, 0.3) is 0 Å². The Kier molecular flexibility index (Phi) is 8.95. The fraction of sp³-hybridized carbons (Fsp3) is 0.524. The van der Waals surface area contributed by atoms with E-state index < -0.39 is 54.5 Å². The summed E-state index contributed by atoms with van der Waals surface area (Å²) in [5.74, 6) is -2.32. The number of ether oxygens (including phenoxy) is 5. The predicted molar refractivity (Wildman–Crippen MR) is 105 cm³/mol. The summed E-state index contributed by atoms with van der Waals surface area (Å²) in [6.07, 6.45) is -4.36. The van der Waals surface area contributed by atoms with Gasteiger partial charge in [-0.25, -0.2) is 0 Å². The molecule has 10 heteroatoms. The highest BCUT2D eigenvalue weighted by Crippen LogP contribution is 2.28.